The van der Waals surface area contributed by atoms with Crippen molar-refractivity contribution in [3.8, 4) is 5.75 Å². The van der Waals surface area contributed by atoms with Crippen molar-refractivity contribution in [3.05, 3.63) is 27.8 Å². The van der Waals surface area contributed by atoms with Gasteiger partial charge >= 0.3 is 0 Å². The fourth-order valence-electron chi connectivity index (χ4n) is 9.99. The van der Waals surface area contributed by atoms with Gasteiger partial charge in [0, 0.05) is 0 Å². The Bertz CT molecular complexity index is 958. The van der Waals surface area contributed by atoms with E-state index in [0.29, 0.717) is 0 Å². The molecule has 0 heterocycles. The molecular formula is C59H112O. The molecule has 1 heteroatoms. The van der Waals surface area contributed by atoms with Gasteiger partial charge in [-0.3, -0.25) is 0 Å². The molecule has 0 radical (unpaired) electrons. The Morgan fingerprint density at radius 1 is 0.200 bits per heavy atom. The van der Waals surface area contributed by atoms with Gasteiger partial charge in [0.05, 0.1) is 6.61 Å². The highest BCUT2D eigenvalue weighted by molar-refractivity contribution is 5.57. The molecule has 0 saturated heterocycles. The molecule has 354 valence electrons. The van der Waals surface area contributed by atoms with Crippen LogP contribution >= 0.6 is 0 Å². The molecule has 1 nitrogen and oxygen atoms in total. The lowest BCUT2D eigenvalue weighted by molar-refractivity contribution is 0.308. The van der Waals surface area contributed by atoms with Gasteiger partial charge in [0.1, 0.15) is 5.75 Å². The van der Waals surface area contributed by atoms with Gasteiger partial charge in [0.2, 0.25) is 0 Å². The lowest BCUT2D eigenvalue weighted by Crippen LogP contribution is -2.15. The third-order valence-electron chi connectivity index (χ3n) is 13.9. The lowest BCUT2D eigenvalue weighted by Gasteiger charge is -2.28. The summed E-state index contributed by atoms with van der Waals surface area (Å²) < 4.78 is 7.15. The number of unbranched alkanes of at least 4 members (excludes halogenated alkanes) is 35. The van der Waals surface area contributed by atoms with E-state index >= 15 is 0 Å². The van der Waals surface area contributed by atoms with Gasteiger partial charge in [0.25, 0.3) is 0 Å². The van der Waals surface area contributed by atoms with E-state index in [2.05, 4.69) is 41.5 Å². The van der Waals surface area contributed by atoms with Gasteiger partial charge in [0.15, 0.2) is 0 Å². The van der Waals surface area contributed by atoms with E-state index in [0.717, 1.165) is 13.0 Å². The van der Waals surface area contributed by atoms with Crippen LogP contribution in [0.4, 0.5) is 0 Å². The molecule has 60 heavy (non-hydrogen) atoms. The maximum Gasteiger partial charge on any atom is 0.126 e. The van der Waals surface area contributed by atoms with Crippen LogP contribution in [-0.4, -0.2) is 6.61 Å². The normalized spacial score (nSPS) is 11.6. The van der Waals surface area contributed by atoms with E-state index in [1.165, 1.54) is 295 Å². The second kappa shape index (κ2) is 44.6. The van der Waals surface area contributed by atoms with Crippen LogP contribution in [0.25, 0.3) is 0 Å². The number of ether oxygens (including phenoxy) is 1. The summed E-state index contributed by atoms with van der Waals surface area (Å²) in [6, 6.07) is 0. The summed E-state index contributed by atoms with van der Waals surface area (Å²) in [5.41, 5.74) is 8.83. The van der Waals surface area contributed by atoms with Crippen molar-refractivity contribution in [1.29, 1.82) is 0 Å². The second-order valence-electron chi connectivity index (χ2n) is 19.7. The van der Waals surface area contributed by atoms with Crippen LogP contribution in [-0.2, 0) is 32.1 Å². The summed E-state index contributed by atoms with van der Waals surface area (Å²) in [7, 11) is 0. The number of hydrogen-bond acceptors (Lipinski definition) is 1. The largest absolute Gasteiger partial charge is 0.493 e. The van der Waals surface area contributed by atoms with Crippen molar-refractivity contribution in [2.75, 3.05) is 6.61 Å². The molecule has 1 rings (SSSR count). The topological polar surface area (TPSA) is 9.23 Å². The molecule has 0 bridgehead atoms. The predicted molar refractivity (Wildman–Crippen MR) is 274 cm³/mol. The van der Waals surface area contributed by atoms with Crippen molar-refractivity contribution in [2.24, 2.45) is 0 Å². The van der Waals surface area contributed by atoms with Crippen molar-refractivity contribution in [3.63, 3.8) is 0 Å². The first kappa shape index (κ1) is 57.0. The Labute approximate surface area is 380 Å². The molecule has 1 aromatic carbocycles. The smallest absolute Gasteiger partial charge is 0.126 e. The van der Waals surface area contributed by atoms with Crippen molar-refractivity contribution in [2.45, 2.75) is 337 Å². The molecule has 0 N–H and O–H groups in total. The molecule has 0 spiro atoms. The molecule has 0 aromatic heterocycles. The van der Waals surface area contributed by atoms with Crippen LogP contribution in [0.3, 0.4) is 0 Å². The number of benzene rings is 1. The fourth-order valence-corrected chi connectivity index (χ4v) is 9.99. The predicted octanol–water partition coefficient (Wildman–Crippen LogP) is 20.9. The van der Waals surface area contributed by atoms with Gasteiger partial charge in [-0.05, 0) is 98.4 Å². The molecule has 0 fully saturated rings. The monoisotopic (exact) mass is 837 g/mol. The van der Waals surface area contributed by atoms with Gasteiger partial charge in [-0.1, -0.05) is 266 Å². The summed E-state index contributed by atoms with van der Waals surface area (Å²) in [5.74, 6) is 1.41. The fraction of sp³-hybridized carbons (Fsp3) is 0.898. The molecule has 0 saturated carbocycles. The highest BCUT2D eigenvalue weighted by Gasteiger charge is 2.24. The Kier molecular flexibility index (Phi) is 42.4. The van der Waals surface area contributed by atoms with Crippen LogP contribution in [0, 0.1) is 0 Å². The first-order valence-corrected chi connectivity index (χ1v) is 28.5. The standard InChI is InChI=1S/C59H112O/c1-7-13-18-23-28-33-38-43-48-54-55(49-44-39-34-29-24-19-14-8-2)57(51-46-41-36-31-26-21-16-10-4)59(60-53-12-6)58(52-47-42-37-32-27-22-17-11-5)56(54)50-45-40-35-30-25-20-15-9-3/h7-53H2,1-6H3. The van der Waals surface area contributed by atoms with Crippen molar-refractivity contribution < 1.29 is 4.74 Å². The Morgan fingerprint density at radius 3 is 0.600 bits per heavy atom. The van der Waals surface area contributed by atoms with Gasteiger partial charge in [-0.15, -0.1) is 0 Å². The first-order valence-electron chi connectivity index (χ1n) is 28.5. The Balaban J connectivity index is 3.58. The average Bonchev–Trinajstić information content (AvgIpc) is 3.26. The summed E-state index contributed by atoms with van der Waals surface area (Å²) in [6.45, 7) is 14.9. The van der Waals surface area contributed by atoms with Gasteiger partial charge in [-0.25, -0.2) is 0 Å². The number of rotatable bonds is 48. The molecular weight excluding hydrogens is 725 g/mol. The third kappa shape index (κ3) is 30.2. The molecule has 0 amide bonds. The minimum absolute atomic E-state index is 0.876. The zero-order chi connectivity index (χ0) is 43.4. The molecule has 0 aliphatic rings. The summed E-state index contributed by atoms with van der Waals surface area (Å²) in [5, 5.41) is 0. The zero-order valence-electron chi connectivity index (χ0n) is 42.6. The quantitative estimate of drug-likeness (QED) is 0.0594. The highest BCUT2D eigenvalue weighted by atomic mass is 16.5. The average molecular weight is 838 g/mol. The maximum absolute atomic E-state index is 7.15. The molecule has 0 atom stereocenters. The summed E-state index contributed by atoms with van der Waals surface area (Å²) in [4.78, 5) is 0. The van der Waals surface area contributed by atoms with Gasteiger partial charge in [-0.2, -0.15) is 0 Å². The van der Waals surface area contributed by atoms with E-state index in [1.54, 1.807) is 22.3 Å². The minimum atomic E-state index is 0.876. The summed E-state index contributed by atoms with van der Waals surface area (Å²) in [6.07, 6.45) is 63.7. The van der Waals surface area contributed by atoms with E-state index in [-0.39, 0.29) is 0 Å². The second-order valence-corrected chi connectivity index (χ2v) is 19.7. The molecule has 0 aliphatic carbocycles. The van der Waals surface area contributed by atoms with E-state index < -0.39 is 0 Å². The third-order valence-corrected chi connectivity index (χ3v) is 13.9. The van der Waals surface area contributed by atoms with Crippen LogP contribution in [0.5, 0.6) is 5.75 Å². The van der Waals surface area contributed by atoms with Crippen molar-refractivity contribution >= 4 is 0 Å². The van der Waals surface area contributed by atoms with Crippen LogP contribution in [0.15, 0.2) is 0 Å². The zero-order valence-corrected chi connectivity index (χ0v) is 42.6. The molecule has 0 unspecified atom stereocenters. The van der Waals surface area contributed by atoms with Crippen LogP contribution in [0.1, 0.15) is 333 Å². The highest BCUT2D eigenvalue weighted by Crippen LogP contribution is 2.40. The minimum Gasteiger partial charge on any atom is -0.493 e. The van der Waals surface area contributed by atoms with Crippen LogP contribution < -0.4 is 4.74 Å². The van der Waals surface area contributed by atoms with Crippen molar-refractivity contribution in [1.82, 2.24) is 0 Å². The van der Waals surface area contributed by atoms with Crippen LogP contribution in [0.2, 0.25) is 0 Å². The maximum atomic E-state index is 7.15. The Morgan fingerprint density at radius 2 is 0.383 bits per heavy atom. The summed E-state index contributed by atoms with van der Waals surface area (Å²) >= 11 is 0. The molecule has 0 aliphatic heterocycles. The molecule has 1 aromatic rings. The van der Waals surface area contributed by atoms with E-state index in [1.807, 2.05) is 5.56 Å². The lowest BCUT2D eigenvalue weighted by atomic mass is 9.80. The van der Waals surface area contributed by atoms with E-state index in [4.69, 9.17) is 4.74 Å². The Hall–Kier alpha value is -0.980. The van der Waals surface area contributed by atoms with Gasteiger partial charge < -0.3 is 4.74 Å². The first-order chi connectivity index (χ1) is 29.7. The number of hydrogen-bond donors (Lipinski definition) is 0. The van der Waals surface area contributed by atoms with E-state index in [9.17, 15) is 0 Å². The SMILES string of the molecule is CCCCCCCCCCc1c(CCCCCCCCCC)c(CCCCCCCCCC)c(OCCC)c(CCCCCCCCCC)c1CCCCCCCCCC.